The van der Waals surface area contributed by atoms with Crippen LogP contribution in [-0.2, 0) is 0 Å². The molecule has 0 saturated carbocycles. The van der Waals surface area contributed by atoms with Gasteiger partial charge in [0.05, 0.1) is 0 Å². The molecular weight excluding hydrogens is 167 g/mol. The van der Waals surface area contributed by atoms with Gasteiger partial charge in [0, 0.05) is 7.11 Å². The van der Waals surface area contributed by atoms with Crippen LogP contribution in [0.5, 0.6) is 0 Å². The number of hydrogen-bond donors (Lipinski definition) is 1. The lowest BCUT2D eigenvalue weighted by Gasteiger charge is -2.29. The lowest BCUT2D eigenvalue weighted by molar-refractivity contribution is 0.399. The standard InChI is InChI=1S/C9H21P.CH4O/c1-7(2)10(8(3)4)9(5)6;1-2/h7-9H,1-6H3;2H,1H3. The van der Waals surface area contributed by atoms with Crippen LogP contribution >= 0.6 is 7.92 Å². The molecule has 0 bridgehead atoms. The van der Waals surface area contributed by atoms with Gasteiger partial charge in [-0.2, -0.15) is 0 Å². The molecule has 0 aliphatic heterocycles. The Labute approximate surface area is 79.3 Å². The van der Waals surface area contributed by atoms with Gasteiger partial charge in [-0.1, -0.05) is 49.5 Å². The molecule has 1 N–H and O–H groups in total. The van der Waals surface area contributed by atoms with Crippen molar-refractivity contribution in [1.29, 1.82) is 0 Å². The minimum Gasteiger partial charge on any atom is -0.400 e. The smallest absolute Gasteiger partial charge is 0.0319 e. The van der Waals surface area contributed by atoms with E-state index in [-0.39, 0.29) is 7.92 Å². The van der Waals surface area contributed by atoms with Crippen molar-refractivity contribution in [2.24, 2.45) is 0 Å². The summed E-state index contributed by atoms with van der Waals surface area (Å²) in [4.78, 5) is 0. The van der Waals surface area contributed by atoms with E-state index in [4.69, 9.17) is 5.11 Å². The van der Waals surface area contributed by atoms with Gasteiger partial charge in [0.2, 0.25) is 0 Å². The van der Waals surface area contributed by atoms with Gasteiger partial charge in [-0.05, 0) is 17.0 Å². The van der Waals surface area contributed by atoms with Gasteiger partial charge >= 0.3 is 0 Å². The van der Waals surface area contributed by atoms with Crippen LogP contribution in [0.1, 0.15) is 41.5 Å². The summed E-state index contributed by atoms with van der Waals surface area (Å²) in [5.74, 6) is 0. The number of rotatable bonds is 3. The highest BCUT2D eigenvalue weighted by atomic mass is 31.1. The molecule has 0 spiro atoms. The molecule has 0 aliphatic carbocycles. The zero-order valence-corrected chi connectivity index (χ0v) is 10.5. The summed E-state index contributed by atoms with van der Waals surface area (Å²) in [6.07, 6.45) is 0. The Hall–Kier alpha value is 0.390. The van der Waals surface area contributed by atoms with Crippen molar-refractivity contribution in [2.45, 2.75) is 58.5 Å². The Kier molecular flexibility index (Phi) is 9.94. The Balaban J connectivity index is 0. The largest absolute Gasteiger partial charge is 0.400 e. The van der Waals surface area contributed by atoms with E-state index >= 15 is 0 Å². The fourth-order valence-electron chi connectivity index (χ4n) is 1.79. The summed E-state index contributed by atoms with van der Waals surface area (Å²) in [6.45, 7) is 14.1. The van der Waals surface area contributed by atoms with E-state index in [2.05, 4.69) is 41.5 Å². The Morgan fingerprint density at radius 3 is 0.833 bits per heavy atom. The molecule has 12 heavy (non-hydrogen) atoms. The molecule has 0 aromatic rings. The highest BCUT2D eigenvalue weighted by molar-refractivity contribution is 7.59. The number of hydrogen-bond acceptors (Lipinski definition) is 1. The second-order valence-electron chi connectivity index (χ2n) is 3.73. The molecule has 0 fully saturated rings. The quantitative estimate of drug-likeness (QED) is 0.680. The van der Waals surface area contributed by atoms with Gasteiger partial charge in [0.1, 0.15) is 0 Å². The van der Waals surface area contributed by atoms with E-state index in [0.717, 1.165) is 24.1 Å². The zero-order valence-electron chi connectivity index (χ0n) is 9.63. The van der Waals surface area contributed by atoms with Crippen LogP contribution in [0.15, 0.2) is 0 Å². The summed E-state index contributed by atoms with van der Waals surface area (Å²) >= 11 is 0. The summed E-state index contributed by atoms with van der Waals surface area (Å²) in [5.41, 5.74) is 2.69. The third-order valence-electron chi connectivity index (χ3n) is 1.79. The highest BCUT2D eigenvalue weighted by Gasteiger charge is 2.19. The van der Waals surface area contributed by atoms with Crippen LogP contribution in [0.25, 0.3) is 0 Å². The van der Waals surface area contributed by atoms with Crippen LogP contribution in [0.3, 0.4) is 0 Å². The molecule has 0 saturated heterocycles. The van der Waals surface area contributed by atoms with E-state index in [0.29, 0.717) is 0 Å². The minimum atomic E-state index is 0.262. The van der Waals surface area contributed by atoms with Gasteiger partial charge in [0.15, 0.2) is 0 Å². The fourth-order valence-corrected chi connectivity index (χ4v) is 5.37. The normalized spacial score (nSPS) is 11.0. The van der Waals surface area contributed by atoms with E-state index in [1.54, 1.807) is 0 Å². The molecule has 0 atom stereocenters. The molecule has 0 heterocycles. The Morgan fingerprint density at radius 2 is 0.833 bits per heavy atom. The van der Waals surface area contributed by atoms with Crippen LogP contribution in [-0.4, -0.2) is 29.2 Å². The van der Waals surface area contributed by atoms with E-state index in [1.165, 1.54) is 0 Å². The summed E-state index contributed by atoms with van der Waals surface area (Å²) in [7, 11) is 1.26. The maximum atomic E-state index is 7.00. The predicted octanol–water partition coefficient (Wildman–Crippen LogP) is 3.30. The van der Waals surface area contributed by atoms with Gasteiger partial charge in [-0.3, -0.25) is 0 Å². The van der Waals surface area contributed by atoms with Crippen LogP contribution in [0.2, 0.25) is 0 Å². The third kappa shape index (κ3) is 5.97. The van der Waals surface area contributed by atoms with Crippen molar-refractivity contribution in [3.8, 4) is 0 Å². The van der Waals surface area contributed by atoms with Crippen molar-refractivity contribution in [3.05, 3.63) is 0 Å². The summed E-state index contributed by atoms with van der Waals surface area (Å²) < 4.78 is 0. The Bertz CT molecular complexity index is 70.8. The molecule has 1 nitrogen and oxygen atoms in total. The maximum Gasteiger partial charge on any atom is 0.0319 e. The molecule has 2 heteroatoms. The van der Waals surface area contributed by atoms with Crippen molar-refractivity contribution < 1.29 is 5.11 Å². The molecule has 76 valence electrons. The SMILES string of the molecule is CC(C)P(C(C)C)C(C)C.CO. The van der Waals surface area contributed by atoms with Gasteiger partial charge in [0.25, 0.3) is 0 Å². The second-order valence-corrected chi connectivity index (χ2v) is 7.72. The van der Waals surface area contributed by atoms with Crippen LogP contribution in [0.4, 0.5) is 0 Å². The van der Waals surface area contributed by atoms with E-state index in [1.807, 2.05) is 0 Å². The highest BCUT2D eigenvalue weighted by Crippen LogP contribution is 2.49. The molecule has 0 aromatic heterocycles. The maximum absolute atomic E-state index is 7.00. The average Bonchev–Trinajstić information content (AvgIpc) is 1.88. The van der Waals surface area contributed by atoms with Gasteiger partial charge < -0.3 is 5.11 Å². The van der Waals surface area contributed by atoms with Gasteiger partial charge in [-0.25, -0.2) is 0 Å². The molecule has 0 amide bonds. The predicted molar refractivity (Wildman–Crippen MR) is 60.5 cm³/mol. The molecule has 0 radical (unpaired) electrons. The first kappa shape index (κ1) is 14.9. The monoisotopic (exact) mass is 192 g/mol. The number of aliphatic hydroxyl groups is 1. The molecule has 0 aromatic carbocycles. The molecule has 0 aliphatic rings. The Morgan fingerprint density at radius 1 is 0.667 bits per heavy atom. The first-order valence-corrected chi connectivity index (χ1v) is 6.24. The lowest BCUT2D eigenvalue weighted by Crippen LogP contribution is -2.10. The zero-order chi connectivity index (χ0) is 10.3. The molecular formula is C10H25OP. The van der Waals surface area contributed by atoms with Crippen LogP contribution < -0.4 is 0 Å². The topological polar surface area (TPSA) is 20.2 Å². The van der Waals surface area contributed by atoms with Crippen molar-refractivity contribution >= 4 is 7.92 Å². The van der Waals surface area contributed by atoms with Crippen molar-refractivity contribution in [1.82, 2.24) is 0 Å². The minimum absolute atomic E-state index is 0.262. The fraction of sp³-hybridized carbons (Fsp3) is 1.00. The number of aliphatic hydroxyl groups excluding tert-OH is 1. The first-order chi connectivity index (χ1) is 5.46. The second kappa shape index (κ2) is 8.01. The molecule has 0 unspecified atom stereocenters. The van der Waals surface area contributed by atoms with E-state index < -0.39 is 0 Å². The first-order valence-electron chi connectivity index (χ1n) is 4.69. The summed E-state index contributed by atoms with van der Waals surface area (Å²) in [5, 5.41) is 7.00. The molecule has 0 rings (SSSR count). The summed E-state index contributed by atoms with van der Waals surface area (Å²) in [6, 6.07) is 0. The van der Waals surface area contributed by atoms with E-state index in [9.17, 15) is 0 Å². The van der Waals surface area contributed by atoms with Crippen molar-refractivity contribution in [2.75, 3.05) is 7.11 Å². The van der Waals surface area contributed by atoms with Crippen LogP contribution in [0, 0.1) is 0 Å². The third-order valence-corrected chi connectivity index (χ3v) is 5.37. The lowest BCUT2D eigenvalue weighted by atomic mass is 10.5. The average molecular weight is 192 g/mol. The van der Waals surface area contributed by atoms with Crippen molar-refractivity contribution in [3.63, 3.8) is 0 Å². The van der Waals surface area contributed by atoms with Gasteiger partial charge in [-0.15, -0.1) is 0 Å².